The molecular weight excluding hydrogens is 447 g/mol. The quantitative estimate of drug-likeness (QED) is 0.433. The van der Waals surface area contributed by atoms with Crippen molar-refractivity contribution >= 4 is 29.0 Å². The van der Waals surface area contributed by atoms with Gasteiger partial charge in [0.25, 0.3) is 0 Å². The second-order valence-corrected chi connectivity index (χ2v) is 8.98. The molecule has 4 rings (SSSR count). The van der Waals surface area contributed by atoms with Gasteiger partial charge < -0.3 is 47.4 Å². The van der Waals surface area contributed by atoms with Gasteiger partial charge in [-0.1, -0.05) is 6.07 Å². The first-order valence-corrected chi connectivity index (χ1v) is 11.6. The van der Waals surface area contributed by atoms with Crippen molar-refractivity contribution in [2.45, 2.75) is 52.1 Å². The number of fused-ring (bicyclic) bond motifs is 1. The fourth-order valence-corrected chi connectivity index (χ4v) is 4.90. The van der Waals surface area contributed by atoms with Crippen LogP contribution in [0.3, 0.4) is 0 Å². The third kappa shape index (κ3) is 6.77. The number of nitrogens with zero attached hydrogens (tertiary/aromatic N) is 1. The predicted octanol–water partition coefficient (Wildman–Crippen LogP) is 3.01. The molecule has 7 nitrogen and oxygen atoms in total. The smallest absolute Gasteiger partial charge is 0.496 e. The van der Waals surface area contributed by atoms with Gasteiger partial charge in [0.15, 0.2) is 0 Å². The molecule has 0 spiro atoms. The fourth-order valence-electron chi connectivity index (χ4n) is 4.90. The van der Waals surface area contributed by atoms with Gasteiger partial charge in [0.1, 0.15) is 5.75 Å². The van der Waals surface area contributed by atoms with Gasteiger partial charge in [-0.15, -0.1) is 6.54 Å². The SMILES string of the molecule is [CH2-]CNc1cc(C)c2c(c1)NC(=O)N(C1CCC(C(=O)Nc3ccc(C)c(OC)c3)CC1)C2.[CH3-].[CH3-].[Li+]. The number of amides is 3. The van der Waals surface area contributed by atoms with Gasteiger partial charge in [-0.3, -0.25) is 4.79 Å². The summed E-state index contributed by atoms with van der Waals surface area (Å²) in [6.07, 6.45) is 3.17. The normalized spacial score (nSPS) is 18.3. The van der Waals surface area contributed by atoms with Crippen LogP contribution >= 0.6 is 0 Å². The van der Waals surface area contributed by atoms with E-state index in [9.17, 15) is 9.59 Å². The fraction of sp³-hybridized carbons (Fsp3) is 0.393. The minimum Gasteiger partial charge on any atom is -0.496 e. The largest absolute Gasteiger partial charge is 1.00 e. The van der Waals surface area contributed by atoms with Crippen molar-refractivity contribution < 1.29 is 33.2 Å². The predicted molar refractivity (Wildman–Crippen MR) is 145 cm³/mol. The molecule has 36 heavy (non-hydrogen) atoms. The van der Waals surface area contributed by atoms with Gasteiger partial charge in [-0.25, -0.2) is 4.79 Å². The van der Waals surface area contributed by atoms with Crippen LogP contribution in [-0.4, -0.2) is 36.5 Å². The average molecular weight is 487 g/mol. The van der Waals surface area contributed by atoms with Crippen LogP contribution in [0, 0.1) is 41.5 Å². The number of carbonyl (C=O) groups is 2. The summed E-state index contributed by atoms with van der Waals surface area (Å²) in [5.41, 5.74) is 5.91. The van der Waals surface area contributed by atoms with Gasteiger partial charge in [-0.2, -0.15) is 0 Å². The summed E-state index contributed by atoms with van der Waals surface area (Å²) in [4.78, 5) is 27.6. The van der Waals surface area contributed by atoms with Crippen molar-refractivity contribution in [1.82, 2.24) is 4.90 Å². The van der Waals surface area contributed by atoms with Crippen molar-refractivity contribution in [3.8, 4) is 5.75 Å². The zero-order valence-corrected chi connectivity index (χ0v) is 22.7. The van der Waals surface area contributed by atoms with E-state index in [0.29, 0.717) is 13.1 Å². The molecule has 1 heterocycles. The van der Waals surface area contributed by atoms with E-state index in [1.54, 1.807) is 7.11 Å². The number of urea groups is 1. The Morgan fingerprint density at radius 1 is 1.08 bits per heavy atom. The molecule has 3 N–H and O–H groups in total. The molecular formula is C28H39LiN4O3-2. The summed E-state index contributed by atoms with van der Waals surface area (Å²) in [5.74, 6) is 0.748. The Morgan fingerprint density at radius 2 is 1.78 bits per heavy atom. The van der Waals surface area contributed by atoms with E-state index in [1.807, 2.05) is 36.1 Å². The van der Waals surface area contributed by atoms with Crippen molar-refractivity contribution in [2.24, 2.45) is 5.92 Å². The van der Waals surface area contributed by atoms with Gasteiger partial charge in [0.2, 0.25) is 5.91 Å². The topological polar surface area (TPSA) is 82.7 Å². The Kier molecular flexibility index (Phi) is 11.9. The van der Waals surface area contributed by atoms with Crippen LogP contribution in [0.2, 0.25) is 0 Å². The number of benzene rings is 2. The van der Waals surface area contributed by atoms with E-state index >= 15 is 0 Å². The number of nitrogens with one attached hydrogen (secondary N) is 3. The minimum atomic E-state index is -0.0617. The number of carbonyl (C=O) groups excluding carboxylic acids is 2. The number of aryl methyl sites for hydroxylation is 2. The maximum absolute atomic E-state index is 12.9. The zero-order valence-electron chi connectivity index (χ0n) is 22.7. The van der Waals surface area contributed by atoms with Crippen LogP contribution < -0.4 is 39.5 Å². The number of anilines is 3. The average Bonchev–Trinajstić information content (AvgIpc) is 2.80. The molecule has 192 valence electrons. The van der Waals surface area contributed by atoms with Gasteiger partial charge in [-0.05, 0) is 74.4 Å². The van der Waals surface area contributed by atoms with Crippen molar-refractivity contribution in [3.63, 3.8) is 0 Å². The zero-order chi connectivity index (χ0) is 23.5. The molecule has 2 aromatic rings. The van der Waals surface area contributed by atoms with Crippen LogP contribution in [0.25, 0.3) is 0 Å². The molecule has 0 bridgehead atoms. The Bertz CT molecular complexity index is 1050. The van der Waals surface area contributed by atoms with Crippen molar-refractivity contribution in [3.05, 3.63) is 68.8 Å². The van der Waals surface area contributed by atoms with Gasteiger partial charge in [0.05, 0.1) is 13.7 Å². The van der Waals surface area contributed by atoms with Gasteiger partial charge in [0, 0.05) is 35.1 Å². The summed E-state index contributed by atoms with van der Waals surface area (Å²) in [6.45, 7) is 9.06. The summed E-state index contributed by atoms with van der Waals surface area (Å²) < 4.78 is 5.36. The monoisotopic (exact) mass is 486 g/mol. The second kappa shape index (κ2) is 13.6. The van der Waals surface area contributed by atoms with Crippen LogP contribution in [0.4, 0.5) is 21.9 Å². The van der Waals surface area contributed by atoms with Crippen LogP contribution in [-0.2, 0) is 11.3 Å². The molecule has 0 unspecified atom stereocenters. The number of ether oxygens (including phenoxy) is 1. The van der Waals surface area contributed by atoms with Crippen LogP contribution in [0.15, 0.2) is 30.3 Å². The van der Waals surface area contributed by atoms with E-state index in [0.717, 1.165) is 65.2 Å². The molecule has 1 saturated carbocycles. The molecule has 8 heteroatoms. The summed E-state index contributed by atoms with van der Waals surface area (Å²) in [7, 11) is 1.63. The molecule has 1 aliphatic carbocycles. The molecule has 1 fully saturated rings. The molecule has 2 aliphatic rings. The van der Waals surface area contributed by atoms with Gasteiger partial charge >= 0.3 is 24.9 Å². The third-order valence-corrected chi connectivity index (χ3v) is 6.82. The van der Waals surface area contributed by atoms with E-state index in [1.165, 1.54) is 0 Å². The van der Waals surface area contributed by atoms with Crippen molar-refractivity contribution in [1.29, 1.82) is 0 Å². The number of hydrogen-bond donors (Lipinski definition) is 3. The molecule has 0 radical (unpaired) electrons. The maximum Gasteiger partial charge on any atom is 1.00 e. The molecule has 1 aliphatic heterocycles. The molecule has 3 amide bonds. The summed E-state index contributed by atoms with van der Waals surface area (Å²) in [6, 6.07) is 9.85. The third-order valence-electron chi connectivity index (χ3n) is 6.82. The Hall–Kier alpha value is -2.62. The summed E-state index contributed by atoms with van der Waals surface area (Å²) >= 11 is 0. The second-order valence-electron chi connectivity index (χ2n) is 8.98. The molecule has 2 aromatic carbocycles. The first kappa shape index (κ1) is 31.4. The van der Waals surface area contributed by atoms with Crippen LogP contribution in [0.1, 0.15) is 42.4 Å². The number of methoxy groups -OCH3 is 1. The Morgan fingerprint density at radius 3 is 2.42 bits per heavy atom. The van der Waals surface area contributed by atoms with E-state index in [2.05, 4.69) is 35.9 Å². The summed E-state index contributed by atoms with van der Waals surface area (Å²) in [5, 5.41) is 9.30. The standard InChI is InChI=1S/C26H33N4O3.2CH3.Li/c1-5-27-20-12-17(3)22-15-30(26(32)29-23(22)13-20)21-10-7-18(8-11-21)25(31)28-19-9-6-16(2)24(14-19)33-4;;;/h6,9,12-14,18,21,27H,1,5,7-8,10-11,15H2,2-4H3,(H,28,31)(H,29,32);2*1H3;/q3*-1;+1. The molecule has 0 saturated heterocycles. The van der Waals surface area contributed by atoms with Crippen molar-refractivity contribution in [2.75, 3.05) is 29.6 Å². The molecule has 0 aromatic heterocycles. The Balaban J connectivity index is 0.00000216. The van der Waals surface area contributed by atoms with E-state index in [4.69, 9.17) is 4.74 Å². The van der Waals surface area contributed by atoms with Crippen LogP contribution in [0.5, 0.6) is 5.75 Å². The Labute approximate surface area is 228 Å². The van der Waals surface area contributed by atoms with E-state index in [-0.39, 0.29) is 57.6 Å². The van der Waals surface area contributed by atoms with E-state index < -0.39 is 0 Å². The number of hydrogen-bond acceptors (Lipinski definition) is 4. The first-order chi connectivity index (χ1) is 15.9. The maximum atomic E-state index is 12.9. The first-order valence-electron chi connectivity index (χ1n) is 11.6. The number of rotatable bonds is 6. The molecule has 0 atom stereocenters. The minimum absolute atomic E-state index is 0.